The molecular weight excluding hydrogens is 204 g/mol. The maximum atomic E-state index is 10.3. The van der Waals surface area contributed by atoms with Gasteiger partial charge in [0.15, 0.2) is 0 Å². The Bertz CT molecular complexity index is 360. The summed E-state index contributed by atoms with van der Waals surface area (Å²) in [6, 6.07) is 6.80. The van der Waals surface area contributed by atoms with Gasteiger partial charge >= 0.3 is 0 Å². The molecule has 0 fully saturated rings. The molecule has 0 atom stereocenters. The van der Waals surface area contributed by atoms with Gasteiger partial charge < -0.3 is 0 Å². The lowest BCUT2D eigenvalue weighted by molar-refractivity contribution is -0.462. The van der Waals surface area contributed by atoms with Gasteiger partial charge in [0.05, 0.1) is 0 Å². The minimum atomic E-state index is -0.406. The lowest BCUT2D eigenvalue weighted by atomic mass is 10.1. The smallest absolute Gasteiger partial charge is 0.245 e. The second-order valence-electron chi connectivity index (χ2n) is 2.67. The number of aliphatic imine (C=N–C) groups is 1. The molecule has 0 saturated heterocycles. The Morgan fingerprint density at radius 1 is 1.50 bits per heavy atom. The van der Waals surface area contributed by atoms with Gasteiger partial charge in [0.2, 0.25) is 6.54 Å². The molecule has 0 aliphatic rings. The molecule has 0 unspecified atom stereocenters. The van der Waals surface area contributed by atoms with Gasteiger partial charge in [-0.15, -0.1) is 0 Å². The summed E-state index contributed by atoms with van der Waals surface area (Å²) in [6.07, 6.45) is 0. The largest absolute Gasteiger partial charge is 0.286 e. The second-order valence-corrected chi connectivity index (χ2v) is 3.10. The third kappa shape index (κ3) is 2.81. The van der Waals surface area contributed by atoms with Crippen molar-refractivity contribution in [2.45, 2.75) is 0 Å². The van der Waals surface area contributed by atoms with E-state index < -0.39 is 4.92 Å². The van der Waals surface area contributed by atoms with Crippen LogP contribution < -0.4 is 0 Å². The predicted molar refractivity (Wildman–Crippen MR) is 55.8 cm³/mol. The fourth-order valence-electron chi connectivity index (χ4n) is 1.06. The lowest BCUT2D eigenvalue weighted by Crippen LogP contribution is -2.14. The Balaban J connectivity index is 2.91. The van der Waals surface area contributed by atoms with Crippen molar-refractivity contribution in [2.24, 2.45) is 4.99 Å². The van der Waals surface area contributed by atoms with Crippen LogP contribution in [0.5, 0.6) is 0 Å². The summed E-state index contributed by atoms with van der Waals surface area (Å²) in [5.41, 5.74) is 1.18. The quantitative estimate of drug-likeness (QED) is 0.437. The van der Waals surface area contributed by atoms with Crippen molar-refractivity contribution < 1.29 is 4.92 Å². The average Bonchev–Trinajstić information content (AvgIpc) is 2.15. The van der Waals surface area contributed by atoms with Gasteiger partial charge in [0.25, 0.3) is 0 Å². The van der Waals surface area contributed by atoms with Crippen LogP contribution in [0.1, 0.15) is 5.56 Å². The van der Waals surface area contributed by atoms with Gasteiger partial charge in [-0.1, -0.05) is 23.7 Å². The molecule has 0 amide bonds. The summed E-state index contributed by atoms with van der Waals surface area (Å²) in [5, 5.41) is 10.9. The van der Waals surface area contributed by atoms with Crippen molar-refractivity contribution in [3.05, 3.63) is 45.0 Å². The Kier molecular flexibility index (Phi) is 3.59. The van der Waals surface area contributed by atoms with Crippen LogP contribution in [0.4, 0.5) is 0 Å². The summed E-state index contributed by atoms with van der Waals surface area (Å²) >= 11 is 5.69. The Labute approximate surface area is 86.4 Å². The van der Waals surface area contributed by atoms with Crippen LogP contribution in [0.25, 0.3) is 0 Å². The van der Waals surface area contributed by atoms with E-state index in [-0.39, 0.29) is 6.54 Å². The molecule has 14 heavy (non-hydrogen) atoms. The second kappa shape index (κ2) is 4.72. The highest BCUT2D eigenvalue weighted by Gasteiger charge is 2.08. The van der Waals surface area contributed by atoms with Crippen LogP contribution in [0.2, 0.25) is 5.02 Å². The van der Waals surface area contributed by atoms with E-state index in [0.29, 0.717) is 10.7 Å². The van der Waals surface area contributed by atoms with E-state index in [4.69, 9.17) is 11.6 Å². The molecule has 0 radical (unpaired) electrons. The van der Waals surface area contributed by atoms with E-state index in [0.717, 1.165) is 5.56 Å². The lowest BCUT2D eigenvalue weighted by Gasteiger charge is -2.00. The highest BCUT2D eigenvalue weighted by atomic mass is 35.5. The van der Waals surface area contributed by atoms with Crippen molar-refractivity contribution in [1.29, 1.82) is 0 Å². The highest BCUT2D eigenvalue weighted by molar-refractivity contribution is 6.30. The summed E-state index contributed by atoms with van der Waals surface area (Å²) < 4.78 is 0. The van der Waals surface area contributed by atoms with Crippen molar-refractivity contribution in [3.8, 4) is 0 Å². The SMILES string of the molecule is CN=C(C[N+](=O)[O-])c1ccc(Cl)cc1. The highest BCUT2D eigenvalue weighted by Crippen LogP contribution is 2.10. The fraction of sp³-hybridized carbons (Fsp3) is 0.222. The number of nitrogens with zero attached hydrogens (tertiary/aromatic N) is 2. The minimum Gasteiger partial charge on any atom is -0.286 e. The summed E-state index contributed by atoms with van der Waals surface area (Å²) in [5.74, 6) is 0. The van der Waals surface area contributed by atoms with Gasteiger partial charge in [0.1, 0.15) is 5.71 Å². The fourth-order valence-corrected chi connectivity index (χ4v) is 1.18. The van der Waals surface area contributed by atoms with Crippen LogP contribution in [-0.2, 0) is 0 Å². The third-order valence-electron chi connectivity index (χ3n) is 1.73. The zero-order chi connectivity index (χ0) is 10.6. The van der Waals surface area contributed by atoms with E-state index in [2.05, 4.69) is 4.99 Å². The van der Waals surface area contributed by atoms with Crippen molar-refractivity contribution >= 4 is 17.3 Å². The van der Waals surface area contributed by atoms with Crippen LogP contribution >= 0.6 is 11.6 Å². The van der Waals surface area contributed by atoms with Crippen molar-refractivity contribution in [1.82, 2.24) is 0 Å². The van der Waals surface area contributed by atoms with Crippen LogP contribution in [0.15, 0.2) is 29.3 Å². The first-order chi connectivity index (χ1) is 6.63. The number of rotatable bonds is 3. The van der Waals surface area contributed by atoms with Gasteiger partial charge in [-0.05, 0) is 12.1 Å². The molecule has 0 N–H and O–H groups in total. The van der Waals surface area contributed by atoms with Crippen molar-refractivity contribution in [3.63, 3.8) is 0 Å². The zero-order valence-electron chi connectivity index (χ0n) is 7.61. The zero-order valence-corrected chi connectivity index (χ0v) is 8.36. The van der Waals surface area contributed by atoms with Crippen molar-refractivity contribution in [2.75, 3.05) is 13.6 Å². The topological polar surface area (TPSA) is 55.5 Å². The standard InChI is InChI=1S/C9H9ClN2O2/c1-11-9(6-12(13)14)7-2-4-8(10)5-3-7/h2-5H,6H2,1H3. The number of hydrogen-bond acceptors (Lipinski definition) is 3. The molecule has 0 aliphatic heterocycles. The first-order valence-electron chi connectivity index (χ1n) is 3.97. The maximum absolute atomic E-state index is 10.3. The van der Waals surface area contributed by atoms with E-state index in [1.165, 1.54) is 7.05 Å². The third-order valence-corrected chi connectivity index (χ3v) is 1.98. The first kappa shape index (κ1) is 10.7. The molecule has 0 spiro atoms. The maximum Gasteiger partial charge on any atom is 0.245 e. The Morgan fingerprint density at radius 3 is 2.50 bits per heavy atom. The molecule has 5 heteroatoms. The molecule has 0 aliphatic carbocycles. The monoisotopic (exact) mass is 212 g/mol. The van der Waals surface area contributed by atoms with Gasteiger partial charge in [-0.2, -0.15) is 0 Å². The van der Waals surface area contributed by atoms with E-state index in [1.54, 1.807) is 24.3 Å². The van der Waals surface area contributed by atoms with Crippen LogP contribution in [-0.4, -0.2) is 24.2 Å². The Morgan fingerprint density at radius 2 is 2.07 bits per heavy atom. The molecule has 4 nitrogen and oxygen atoms in total. The molecule has 0 saturated carbocycles. The molecule has 1 aromatic rings. The summed E-state index contributed by atoms with van der Waals surface area (Å²) in [6.45, 7) is -0.266. The molecule has 0 bridgehead atoms. The Hall–Kier alpha value is -1.42. The molecular formula is C9H9ClN2O2. The number of nitro groups is 1. The molecule has 0 aromatic heterocycles. The van der Waals surface area contributed by atoms with E-state index in [9.17, 15) is 10.1 Å². The number of benzene rings is 1. The summed E-state index contributed by atoms with van der Waals surface area (Å²) in [7, 11) is 1.54. The molecule has 1 aromatic carbocycles. The molecule has 74 valence electrons. The van der Waals surface area contributed by atoms with Crippen LogP contribution in [0, 0.1) is 10.1 Å². The van der Waals surface area contributed by atoms with Gasteiger partial charge in [-0.25, -0.2) is 0 Å². The van der Waals surface area contributed by atoms with Gasteiger partial charge in [0, 0.05) is 22.6 Å². The van der Waals surface area contributed by atoms with Gasteiger partial charge in [-0.3, -0.25) is 15.1 Å². The number of halogens is 1. The normalized spacial score (nSPS) is 11.4. The number of hydrogen-bond donors (Lipinski definition) is 0. The predicted octanol–water partition coefficient (Wildman–Crippen LogP) is 2.04. The molecule has 0 heterocycles. The minimum absolute atomic E-state index is 0.266. The first-order valence-corrected chi connectivity index (χ1v) is 4.34. The van der Waals surface area contributed by atoms with Crippen LogP contribution in [0.3, 0.4) is 0 Å². The summed E-state index contributed by atoms with van der Waals surface area (Å²) in [4.78, 5) is 13.8. The molecule has 1 rings (SSSR count). The van der Waals surface area contributed by atoms with E-state index >= 15 is 0 Å². The van der Waals surface area contributed by atoms with E-state index in [1.807, 2.05) is 0 Å². The average molecular weight is 213 g/mol.